The van der Waals surface area contributed by atoms with E-state index in [0.717, 1.165) is 0 Å². The molecule has 4 nitrogen and oxygen atoms in total. The first-order chi connectivity index (χ1) is 8.54. The molecule has 0 saturated carbocycles. The summed E-state index contributed by atoms with van der Waals surface area (Å²) in [5.74, 6) is -3.70. The maximum atomic E-state index is 13.8. The van der Waals surface area contributed by atoms with Crippen LogP contribution in [0.4, 0.5) is 8.78 Å². The van der Waals surface area contributed by atoms with Crippen LogP contribution >= 0.6 is 0 Å². The van der Waals surface area contributed by atoms with E-state index in [1.807, 2.05) is 0 Å². The smallest absolute Gasteiger partial charge is 0.307 e. The van der Waals surface area contributed by atoms with Gasteiger partial charge in [0.05, 0.1) is 13.0 Å². The molecule has 1 aliphatic rings. The van der Waals surface area contributed by atoms with Gasteiger partial charge in [-0.15, -0.1) is 0 Å². The fourth-order valence-corrected chi connectivity index (χ4v) is 2.13. The predicted octanol–water partition coefficient (Wildman–Crippen LogP) is 1.71. The van der Waals surface area contributed by atoms with Crippen LogP contribution in [0.1, 0.15) is 18.0 Å². The van der Waals surface area contributed by atoms with Crippen LogP contribution in [0, 0.1) is 17.6 Å². The number of nitrogens with one attached hydrogen (secondary N) is 1. The molecule has 0 aromatic heterocycles. The minimum atomic E-state index is -1.05. The van der Waals surface area contributed by atoms with Crippen molar-refractivity contribution in [2.24, 2.45) is 5.92 Å². The number of aliphatic carboxylic acids is 1. The number of carboxylic acids is 1. The highest BCUT2D eigenvalue weighted by molar-refractivity contribution is 5.70. The molecule has 1 aromatic rings. The van der Waals surface area contributed by atoms with E-state index in [1.54, 1.807) is 0 Å². The molecule has 0 radical (unpaired) electrons. The molecule has 0 bridgehead atoms. The number of ether oxygens (including phenoxy) is 1. The molecule has 18 heavy (non-hydrogen) atoms. The van der Waals surface area contributed by atoms with Gasteiger partial charge in [0.25, 0.3) is 0 Å². The molecule has 0 spiro atoms. The van der Waals surface area contributed by atoms with Gasteiger partial charge in [0.1, 0.15) is 0 Å². The number of halogens is 2. The lowest BCUT2D eigenvalue weighted by atomic mass is 9.99. The highest BCUT2D eigenvalue weighted by Gasteiger charge is 2.32. The van der Waals surface area contributed by atoms with Crippen molar-refractivity contribution in [3.63, 3.8) is 0 Å². The SMILES string of the molecule is COc1ccc(C2CC(C(=O)O)CN2)c(F)c1F. The molecule has 0 amide bonds. The Morgan fingerprint density at radius 3 is 2.72 bits per heavy atom. The molecule has 1 fully saturated rings. The zero-order valence-corrected chi connectivity index (χ0v) is 9.74. The van der Waals surface area contributed by atoms with Gasteiger partial charge in [-0.3, -0.25) is 4.79 Å². The maximum absolute atomic E-state index is 13.8. The van der Waals surface area contributed by atoms with Gasteiger partial charge in [-0.1, -0.05) is 6.07 Å². The monoisotopic (exact) mass is 257 g/mol. The molecule has 2 unspecified atom stereocenters. The third-order valence-electron chi connectivity index (χ3n) is 3.15. The van der Waals surface area contributed by atoms with E-state index in [-0.39, 0.29) is 24.3 Å². The molecule has 1 aliphatic heterocycles. The van der Waals surface area contributed by atoms with Crippen LogP contribution in [0.5, 0.6) is 5.75 Å². The Balaban J connectivity index is 2.25. The summed E-state index contributed by atoms with van der Waals surface area (Å²) in [4.78, 5) is 10.8. The average Bonchev–Trinajstić information content (AvgIpc) is 2.82. The highest BCUT2D eigenvalue weighted by Crippen LogP contribution is 2.32. The molecule has 6 heteroatoms. The summed E-state index contributed by atoms with van der Waals surface area (Å²) in [6.07, 6.45) is 0.248. The normalized spacial score (nSPS) is 23.1. The van der Waals surface area contributed by atoms with Crippen molar-refractivity contribution < 1.29 is 23.4 Å². The lowest BCUT2D eigenvalue weighted by Crippen LogP contribution is -2.18. The number of methoxy groups -OCH3 is 1. The summed E-state index contributed by atoms with van der Waals surface area (Å²) >= 11 is 0. The fraction of sp³-hybridized carbons (Fsp3) is 0.417. The lowest BCUT2D eigenvalue weighted by molar-refractivity contribution is -0.141. The maximum Gasteiger partial charge on any atom is 0.307 e. The van der Waals surface area contributed by atoms with E-state index < -0.39 is 29.6 Å². The number of hydrogen-bond acceptors (Lipinski definition) is 3. The van der Waals surface area contributed by atoms with Crippen molar-refractivity contribution in [1.29, 1.82) is 0 Å². The van der Waals surface area contributed by atoms with Crippen molar-refractivity contribution in [1.82, 2.24) is 5.32 Å². The van der Waals surface area contributed by atoms with Gasteiger partial charge >= 0.3 is 5.97 Å². The van der Waals surface area contributed by atoms with Gasteiger partial charge in [0.2, 0.25) is 5.82 Å². The van der Waals surface area contributed by atoms with Crippen molar-refractivity contribution in [3.05, 3.63) is 29.3 Å². The van der Waals surface area contributed by atoms with E-state index in [9.17, 15) is 13.6 Å². The Bertz CT molecular complexity index is 479. The quantitative estimate of drug-likeness (QED) is 0.865. The van der Waals surface area contributed by atoms with Crippen molar-refractivity contribution in [2.45, 2.75) is 12.5 Å². The first kappa shape index (κ1) is 12.8. The zero-order valence-electron chi connectivity index (χ0n) is 9.74. The second kappa shape index (κ2) is 4.89. The number of rotatable bonds is 3. The first-order valence-corrected chi connectivity index (χ1v) is 5.52. The lowest BCUT2D eigenvalue weighted by Gasteiger charge is -2.13. The number of benzene rings is 1. The Labute approximate surface area is 103 Å². The van der Waals surface area contributed by atoms with Gasteiger partial charge in [0.15, 0.2) is 11.6 Å². The molecule has 0 aliphatic carbocycles. The van der Waals surface area contributed by atoms with Gasteiger partial charge < -0.3 is 15.2 Å². The van der Waals surface area contributed by atoms with Crippen LogP contribution in [0.15, 0.2) is 12.1 Å². The Hall–Kier alpha value is -1.69. The van der Waals surface area contributed by atoms with Crippen LogP contribution in [-0.2, 0) is 4.79 Å². The van der Waals surface area contributed by atoms with E-state index >= 15 is 0 Å². The van der Waals surface area contributed by atoms with Gasteiger partial charge in [-0.2, -0.15) is 4.39 Å². The third kappa shape index (κ3) is 2.15. The molecule has 2 N–H and O–H groups in total. The van der Waals surface area contributed by atoms with Crippen LogP contribution in [0.2, 0.25) is 0 Å². The van der Waals surface area contributed by atoms with Crippen LogP contribution in [0.3, 0.4) is 0 Å². The molecular weight excluding hydrogens is 244 g/mol. The third-order valence-corrected chi connectivity index (χ3v) is 3.15. The van der Waals surface area contributed by atoms with E-state index in [4.69, 9.17) is 5.11 Å². The fourth-order valence-electron chi connectivity index (χ4n) is 2.13. The predicted molar refractivity (Wildman–Crippen MR) is 59.4 cm³/mol. The second-order valence-corrected chi connectivity index (χ2v) is 4.22. The summed E-state index contributed by atoms with van der Waals surface area (Å²) in [6, 6.07) is 2.27. The molecule has 2 rings (SSSR count). The van der Waals surface area contributed by atoms with Gasteiger partial charge in [0, 0.05) is 18.2 Å². The molecule has 1 saturated heterocycles. The summed E-state index contributed by atoms with van der Waals surface area (Å²) < 4.78 is 32.0. The second-order valence-electron chi connectivity index (χ2n) is 4.22. The topological polar surface area (TPSA) is 58.6 Å². The Kier molecular flexibility index (Phi) is 3.47. The molecule has 1 heterocycles. The molecular formula is C12H13F2NO3. The van der Waals surface area contributed by atoms with Gasteiger partial charge in [-0.25, -0.2) is 4.39 Å². The zero-order chi connectivity index (χ0) is 13.3. The minimum absolute atomic E-state index is 0.136. The van der Waals surface area contributed by atoms with Crippen molar-refractivity contribution in [3.8, 4) is 5.75 Å². The van der Waals surface area contributed by atoms with Crippen molar-refractivity contribution >= 4 is 5.97 Å². The Morgan fingerprint density at radius 2 is 2.17 bits per heavy atom. The number of hydrogen-bond donors (Lipinski definition) is 2. The van der Waals surface area contributed by atoms with Crippen LogP contribution in [-0.4, -0.2) is 24.7 Å². The first-order valence-electron chi connectivity index (χ1n) is 5.52. The van der Waals surface area contributed by atoms with Crippen LogP contribution < -0.4 is 10.1 Å². The number of carbonyl (C=O) groups is 1. The number of carboxylic acid groups (broad SMARTS) is 1. The Morgan fingerprint density at radius 1 is 1.44 bits per heavy atom. The van der Waals surface area contributed by atoms with Crippen molar-refractivity contribution in [2.75, 3.05) is 13.7 Å². The molecule has 98 valence electrons. The highest BCUT2D eigenvalue weighted by atomic mass is 19.2. The minimum Gasteiger partial charge on any atom is -0.494 e. The van der Waals surface area contributed by atoms with Crippen LogP contribution in [0.25, 0.3) is 0 Å². The summed E-state index contributed by atoms with van der Waals surface area (Å²) in [5, 5.41) is 11.7. The largest absolute Gasteiger partial charge is 0.494 e. The van der Waals surface area contributed by atoms with E-state index in [0.29, 0.717) is 0 Å². The summed E-state index contributed by atoms with van der Waals surface area (Å²) in [7, 11) is 1.26. The molecule has 2 atom stereocenters. The molecule has 1 aromatic carbocycles. The summed E-state index contributed by atoms with van der Waals surface area (Å²) in [5.41, 5.74) is 0.136. The summed E-state index contributed by atoms with van der Waals surface area (Å²) in [6.45, 7) is 0.257. The average molecular weight is 257 g/mol. The van der Waals surface area contributed by atoms with Gasteiger partial charge in [-0.05, 0) is 12.5 Å². The standard InChI is InChI=1S/C12H13F2NO3/c1-18-9-3-2-7(10(13)11(9)14)8-4-6(5-15-8)12(16)17/h2-3,6,8,15H,4-5H2,1H3,(H,16,17). The van der Waals surface area contributed by atoms with E-state index in [1.165, 1.54) is 19.2 Å². The van der Waals surface area contributed by atoms with E-state index in [2.05, 4.69) is 10.1 Å².